The van der Waals surface area contributed by atoms with Gasteiger partial charge >= 0.3 is 0 Å². The molecule has 0 radical (unpaired) electrons. The first-order valence-electron chi connectivity index (χ1n) is 12.8. The quantitative estimate of drug-likeness (QED) is 0.170. The van der Waals surface area contributed by atoms with Crippen LogP contribution in [0, 0.1) is 11.8 Å². The van der Waals surface area contributed by atoms with Gasteiger partial charge in [-0.05, 0) is 65.1 Å². The predicted octanol–water partition coefficient (Wildman–Crippen LogP) is 9.16. The molecule has 4 aromatic carbocycles. The molecular weight excluding hydrogens is 424 g/mol. The van der Waals surface area contributed by atoms with Gasteiger partial charge in [0, 0.05) is 11.1 Å². The average Bonchev–Trinajstić information content (AvgIpc) is 2.93. The van der Waals surface area contributed by atoms with Crippen molar-refractivity contribution in [3.8, 4) is 39.8 Å². The molecular formula is C34H34O. The molecule has 1 heteroatoms. The smallest absolute Gasteiger partial charge is 0.119 e. The first-order chi connectivity index (χ1) is 17.3. The molecule has 0 N–H and O–H groups in total. The van der Waals surface area contributed by atoms with Crippen molar-refractivity contribution < 1.29 is 4.74 Å². The van der Waals surface area contributed by atoms with Crippen molar-refractivity contribution in [2.24, 2.45) is 0 Å². The summed E-state index contributed by atoms with van der Waals surface area (Å²) < 4.78 is 5.87. The van der Waals surface area contributed by atoms with E-state index in [1.165, 1.54) is 54.4 Å². The summed E-state index contributed by atoms with van der Waals surface area (Å²) in [5, 5.41) is 0. The Labute approximate surface area is 210 Å². The molecule has 0 aliphatic rings. The van der Waals surface area contributed by atoms with Gasteiger partial charge in [0.05, 0.1) is 6.61 Å². The first-order valence-corrected chi connectivity index (χ1v) is 12.8. The zero-order valence-corrected chi connectivity index (χ0v) is 20.7. The van der Waals surface area contributed by atoms with Gasteiger partial charge in [0.15, 0.2) is 0 Å². The van der Waals surface area contributed by atoms with Crippen molar-refractivity contribution in [3.63, 3.8) is 0 Å². The van der Waals surface area contributed by atoms with E-state index in [0.717, 1.165) is 29.9 Å². The van der Waals surface area contributed by atoms with Crippen LogP contribution in [-0.2, 0) is 0 Å². The van der Waals surface area contributed by atoms with Crippen molar-refractivity contribution >= 4 is 0 Å². The van der Waals surface area contributed by atoms with E-state index in [9.17, 15) is 0 Å². The molecule has 4 aromatic rings. The summed E-state index contributed by atoms with van der Waals surface area (Å²) in [6.07, 6.45) is 7.67. The number of benzene rings is 4. The normalized spacial score (nSPS) is 10.4. The van der Waals surface area contributed by atoms with E-state index < -0.39 is 0 Å². The molecule has 0 heterocycles. The fourth-order valence-electron chi connectivity index (χ4n) is 4.08. The number of rotatable bonds is 10. The summed E-state index contributed by atoms with van der Waals surface area (Å²) in [6.45, 7) is 3.04. The molecule has 0 aromatic heterocycles. The number of unbranched alkanes of at least 4 members (excludes halogenated alkanes) is 5. The molecule has 176 valence electrons. The number of hydrogen-bond donors (Lipinski definition) is 0. The summed E-state index contributed by atoms with van der Waals surface area (Å²) in [4.78, 5) is 0. The minimum Gasteiger partial charge on any atom is -0.494 e. The molecule has 4 rings (SSSR count). The topological polar surface area (TPSA) is 9.23 Å². The minimum absolute atomic E-state index is 0.790. The molecule has 0 fully saturated rings. The van der Waals surface area contributed by atoms with Crippen LogP contribution in [0.2, 0.25) is 0 Å². The highest BCUT2D eigenvalue weighted by molar-refractivity contribution is 5.70. The standard InChI is InChI=1S/C34H34O/c1-2-3-4-5-6-10-27-35-34-25-17-29(18-26-34)14-13-28-15-19-31(20-16-28)33-23-21-32(22-24-33)30-11-8-7-9-12-30/h7-9,11-12,15-26H,2-6,10,27H2,1H3. The largest absolute Gasteiger partial charge is 0.494 e. The summed E-state index contributed by atoms with van der Waals surface area (Å²) in [5.74, 6) is 7.46. The Hall–Kier alpha value is -3.76. The van der Waals surface area contributed by atoms with E-state index in [2.05, 4.69) is 91.6 Å². The van der Waals surface area contributed by atoms with Crippen LogP contribution < -0.4 is 4.74 Å². The third kappa shape index (κ3) is 7.62. The van der Waals surface area contributed by atoms with Crippen LogP contribution in [0.15, 0.2) is 103 Å². The van der Waals surface area contributed by atoms with Crippen molar-refractivity contribution in [1.29, 1.82) is 0 Å². The SMILES string of the molecule is CCCCCCCCOc1ccc(C#Cc2ccc(-c3ccc(-c4ccccc4)cc3)cc2)cc1. The average molecular weight is 459 g/mol. The van der Waals surface area contributed by atoms with Gasteiger partial charge in [-0.2, -0.15) is 0 Å². The number of ether oxygens (including phenoxy) is 1. The zero-order valence-electron chi connectivity index (χ0n) is 20.7. The van der Waals surface area contributed by atoms with E-state index >= 15 is 0 Å². The molecule has 0 amide bonds. The molecule has 0 atom stereocenters. The predicted molar refractivity (Wildman–Crippen MR) is 149 cm³/mol. The lowest BCUT2D eigenvalue weighted by Gasteiger charge is -2.06. The van der Waals surface area contributed by atoms with Gasteiger partial charge in [0.2, 0.25) is 0 Å². The lowest BCUT2D eigenvalue weighted by Crippen LogP contribution is -1.97. The van der Waals surface area contributed by atoms with Crippen LogP contribution in [0.4, 0.5) is 0 Å². The van der Waals surface area contributed by atoms with Gasteiger partial charge in [-0.3, -0.25) is 0 Å². The molecule has 0 aliphatic heterocycles. The molecule has 1 nitrogen and oxygen atoms in total. The summed E-state index contributed by atoms with van der Waals surface area (Å²) in [6, 6.07) is 35.7. The molecule has 0 spiro atoms. The van der Waals surface area contributed by atoms with Crippen LogP contribution in [0.25, 0.3) is 22.3 Å². The Morgan fingerprint density at radius 2 is 0.943 bits per heavy atom. The molecule has 35 heavy (non-hydrogen) atoms. The lowest BCUT2D eigenvalue weighted by molar-refractivity contribution is 0.304. The van der Waals surface area contributed by atoms with Gasteiger partial charge < -0.3 is 4.74 Å². The second kappa shape index (κ2) is 13.2. The Balaban J connectivity index is 1.28. The zero-order chi connectivity index (χ0) is 24.1. The maximum absolute atomic E-state index is 5.87. The van der Waals surface area contributed by atoms with Crippen LogP contribution in [0.3, 0.4) is 0 Å². The van der Waals surface area contributed by atoms with Crippen LogP contribution in [-0.4, -0.2) is 6.61 Å². The van der Waals surface area contributed by atoms with Gasteiger partial charge in [-0.25, -0.2) is 0 Å². The van der Waals surface area contributed by atoms with Crippen LogP contribution in [0.1, 0.15) is 56.6 Å². The van der Waals surface area contributed by atoms with Crippen molar-refractivity contribution in [2.75, 3.05) is 6.61 Å². The van der Waals surface area contributed by atoms with E-state index in [1.54, 1.807) is 0 Å². The van der Waals surface area contributed by atoms with Gasteiger partial charge in [0.1, 0.15) is 5.75 Å². The Kier molecular flexibility index (Phi) is 9.20. The highest BCUT2D eigenvalue weighted by Gasteiger charge is 2.00. The molecule has 0 saturated heterocycles. The second-order valence-electron chi connectivity index (χ2n) is 8.91. The summed E-state index contributed by atoms with van der Waals surface area (Å²) in [7, 11) is 0. The Morgan fingerprint density at radius 3 is 1.51 bits per heavy atom. The highest BCUT2D eigenvalue weighted by atomic mass is 16.5. The highest BCUT2D eigenvalue weighted by Crippen LogP contribution is 2.25. The summed E-state index contributed by atoms with van der Waals surface area (Å²) >= 11 is 0. The lowest BCUT2D eigenvalue weighted by atomic mass is 10.00. The first kappa shape index (κ1) is 24.4. The summed E-state index contributed by atoms with van der Waals surface area (Å²) in [5.41, 5.74) is 6.89. The minimum atomic E-state index is 0.790. The Bertz CT molecular complexity index is 1210. The van der Waals surface area contributed by atoms with E-state index in [4.69, 9.17) is 4.74 Å². The van der Waals surface area contributed by atoms with E-state index in [0.29, 0.717) is 0 Å². The molecule has 0 bridgehead atoms. The van der Waals surface area contributed by atoms with Gasteiger partial charge in [-0.1, -0.05) is 118 Å². The maximum Gasteiger partial charge on any atom is 0.119 e. The fourth-order valence-corrected chi connectivity index (χ4v) is 4.08. The monoisotopic (exact) mass is 458 g/mol. The Morgan fingerprint density at radius 1 is 0.486 bits per heavy atom. The molecule has 0 saturated carbocycles. The van der Waals surface area contributed by atoms with Gasteiger partial charge in [-0.15, -0.1) is 0 Å². The molecule has 0 aliphatic carbocycles. The van der Waals surface area contributed by atoms with E-state index in [1.807, 2.05) is 30.3 Å². The third-order valence-electron chi connectivity index (χ3n) is 6.18. The fraction of sp³-hybridized carbons (Fsp3) is 0.235. The van der Waals surface area contributed by atoms with Crippen LogP contribution >= 0.6 is 0 Å². The second-order valence-corrected chi connectivity index (χ2v) is 8.91. The van der Waals surface area contributed by atoms with Crippen molar-refractivity contribution in [1.82, 2.24) is 0 Å². The van der Waals surface area contributed by atoms with Crippen molar-refractivity contribution in [3.05, 3.63) is 114 Å². The van der Waals surface area contributed by atoms with Crippen LogP contribution in [0.5, 0.6) is 5.75 Å². The number of hydrogen-bond acceptors (Lipinski definition) is 1. The molecule has 0 unspecified atom stereocenters. The van der Waals surface area contributed by atoms with Gasteiger partial charge in [0.25, 0.3) is 0 Å². The maximum atomic E-state index is 5.87. The third-order valence-corrected chi connectivity index (χ3v) is 6.18. The van der Waals surface area contributed by atoms with E-state index in [-0.39, 0.29) is 0 Å². The van der Waals surface area contributed by atoms with Crippen molar-refractivity contribution in [2.45, 2.75) is 45.4 Å².